The largest absolute Gasteiger partial charge is 0.276 e. The Kier molecular flexibility index (Phi) is 6.07. The van der Waals surface area contributed by atoms with Crippen molar-refractivity contribution >= 4 is 15.7 Å². The first-order valence-corrected chi connectivity index (χ1v) is 11.0. The Morgan fingerprint density at radius 3 is 2.34 bits per heavy atom. The first kappa shape index (κ1) is 21.0. The van der Waals surface area contributed by atoms with Crippen LogP contribution in [0.15, 0.2) is 53.4 Å². The van der Waals surface area contributed by atoms with Gasteiger partial charge in [0, 0.05) is 5.56 Å². The summed E-state index contributed by atoms with van der Waals surface area (Å²) < 4.78 is 43.9. The minimum Gasteiger partial charge on any atom is -0.276 e. The van der Waals surface area contributed by atoms with E-state index in [1.807, 2.05) is 12.1 Å². The SMILES string of the molecule is Cc1nn(Cc2ccccc2F)c(C)c1NS(=O)(=O)c1ccc(CC(C)C)cc1. The number of rotatable bonds is 7. The Bertz CT molecular complexity index is 1100. The molecule has 0 atom stereocenters. The lowest BCUT2D eigenvalue weighted by Crippen LogP contribution is -2.14. The van der Waals surface area contributed by atoms with Crippen LogP contribution >= 0.6 is 0 Å². The minimum atomic E-state index is -3.75. The Hall–Kier alpha value is -2.67. The van der Waals surface area contributed by atoms with Crippen molar-refractivity contribution < 1.29 is 12.8 Å². The Balaban J connectivity index is 1.84. The standard InChI is InChI=1S/C22H26FN3O2S/c1-15(2)13-18-9-11-20(12-10-18)29(27,28)25-22-16(3)24-26(17(22)4)14-19-7-5-6-8-21(19)23/h5-12,15,25H,13-14H2,1-4H3. The molecule has 0 saturated heterocycles. The Morgan fingerprint density at radius 2 is 1.72 bits per heavy atom. The van der Waals surface area contributed by atoms with Crippen LogP contribution in [0.5, 0.6) is 0 Å². The van der Waals surface area contributed by atoms with Gasteiger partial charge in [-0.2, -0.15) is 5.10 Å². The molecule has 0 bridgehead atoms. The van der Waals surface area contributed by atoms with E-state index in [0.29, 0.717) is 28.6 Å². The molecule has 0 fully saturated rings. The van der Waals surface area contributed by atoms with Crippen LogP contribution in [0.4, 0.5) is 10.1 Å². The highest BCUT2D eigenvalue weighted by molar-refractivity contribution is 7.92. The van der Waals surface area contributed by atoms with Gasteiger partial charge in [0.15, 0.2) is 0 Å². The van der Waals surface area contributed by atoms with Crippen LogP contribution in [0, 0.1) is 25.6 Å². The van der Waals surface area contributed by atoms with E-state index in [-0.39, 0.29) is 17.3 Å². The molecular formula is C22H26FN3O2S. The van der Waals surface area contributed by atoms with Gasteiger partial charge in [0.2, 0.25) is 0 Å². The van der Waals surface area contributed by atoms with Crippen molar-refractivity contribution in [1.82, 2.24) is 9.78 Å². The first-order chi connectivity index (χ1) is 13.7. The monoisotopic (exact) mass is 415 g/mol. The van der Waals surface area contributed by atoms with E-state index < -0.39 is 10.0 Å². The molecule has 7 heteroatoms. The fourth-order valence-corrected chi connectivity index (χ4v) is 4.43. The second-order valence-electron chi connectivity index (χ2n) is 7.64. The van der Waals surface area contributed by atoms with Gasteiger partial charge in [-0.3, -0.25) is 9.40 Å². The molecule has 29 heavy (non-hydrogen) atoms. The van der Waals surface area contributed by atoms with Gasteiger partial charge in [0.1, 0.15) is 5.82 Å². The molecule has 0 aliphatic heterocycles. The number of nitrogens with zero attached hydrogens (tertiary/aromatic N) is 2. The Morgan fingerprint density at radius 1 is 1.07 bits per heavy atom. The van der Waals surface area contributed by atoms with Crippen LogP contribution in [0.25, 0.3) is 0 Å². The normalized spacial score (nSPS) is 11.8. The van der Waals surface area contributed by atoms with E-state index >= 15 is 0 Å². The highest BCUT2D eigenvalue weighted by Gasteiger charge is 2.20. The van der Waals surface area contributed by atoms with Crippen LogP contribution in [-0.4, -0.2) is 18.2 Å². The highest BCUT2D eigenvalue weighted by atomic mass is 32.2. The molecule has 1 N–H and O–H groups in total. The van der Waals surface area contributed by atoms with E-state index in [9.17, 15) is 12.8 Å². The van der Waals surface area contributed by atoms with Gasteiger partial charge in [0.25, 0.3) is 10.0 Å². The third kappa shape index (κ3) is 4.85. The lowest BCUT2D eigenvalue weighted by molar-refractivity contribution is 0.579. The van der Waals surface area contributed by atoms with E-state index in [4.69, 9.17) is 0 Å². The number of aromatic nitrogens is 2. The molecule has 0 aliphatic rings. The van der Waals surface area contributed by atoms with Crippen molar-refractivity contribution in [2.45, 2.75) is 45.6 Å². The number of hydrogen-bond donors (Lipinski definition) is 1. The molecule has 3 rings (SSSR count). The molecule has 0 radical (unpaired) electrons. The van der Waals surface area contributed by atoms with Crippen LogP contribution in [0.2, 0.25) is 0 Å². The maximum absolute atomic E-state index is 14.0. The van der Waals surface area contributed by atoms with Crippen LogP contribution in [0.1, 0.15) is 36.4 Å². The van der Waals surface area contributed by atoms with Crippen molar-refractivity contribution in [3.8, 4) is 0 Å². The topological polar surface area (TPSA) is 64.0 Å². The average Bonchev–Trinajstić information content (AvgIpc) is 2.91. The van der Waals surface area contributed by atoms with Gasteiger partial charge in [-0.15, -0.1) is 0 Å². The van der Waals surface area contributed by atoms with Crippen LogP contribution in [-0.2, 0) is 23.0 Å². The van der Waals surface area contributed by atoms with E-state index in [1.165, 1.54) is 6.07 Å². The second-order valence-corrected chi connectivity index (χ2v) is 9.32. The molecule has 1 aromatic heterocycles. The van der Waals surface area contributed by atoms with E-state index in [2.05, 4.69) is 23.7 Å². The zero-order valence-electron chi connectivity index (χ0n) is 17.1. The summed E-state index contributed by atoms with van der Waals surface area (Å²) in [7, 11) is -3.75. The Labute approximate surface area is 171 Å². The van der Waals surface area contributed by atoms with Gasteiger partial charge in [-0.1, -0.05) is 44.2 Å². The molecule has 0 aliphatic carbocycles. The summed E-state index contributed by atoms with van der Waals surface area (Å²) in [5, 5.41) is 4.39. The number of hydrogen-bond acceptors (Lipinski definition) is 3. The minimum absolute atomic E-state index is 0.200. The molecule has 3 aromatic rings. The molecule has 1 heterocycles. The quantitative estimate of drug-likeness (QED) is 0.609. The summed E-state index contributed by atoms with van der Waals surface area (Å²) in [6.45, 7) is 7.97. The third-order valence-electron chi connectivity index (χ3n) is 4.77. The summed E-state index contributed by atoms with van der Waals surface area (Å²) in [6.07, 6.45) is 0.898. The van der Waals surface area contributed by atoms with Crippen molar-refractivity contribution in [3.63, 3.8) is 0 Å². The second kappa shape index (κ2) is 8.37. The average molecular weight is 416 g/mol. The predicted octanol–water partition coefficient (Wildman–Crippen LogP) is 4.69. The third-order valence-corrected chi connectivity index (χ3v) is 6.14. The maximum Gasteiger partial charge on any atom is 0.262 e. The van der Waals surface area contributed by atoms with Crippen molar-refractivity contribution in [2.24, 2.45) is 5.92 Å². The number of halogens is 1. The van der Waals surface area contributed by atoms with Crippen LogP contribution in [0.3, 0.4) is 0 Å². The lowest BCUT2D eigenvalue weighted by atomic mass is 10.0. The van der Waals surface area contributed by atoms with Gasteiger partial charge in [-0.25, -0.2) is 12.8 Å². The lowest BCUT2D eigenvalue weighted by Gasteiger charge is -2.11. The summed E-state index contributed by atoms with van der Waals surface area (Å²) in [5.74, 6) is 0.185. The van der Waals surface area contributed by atoms with Gasteiger partial charge >= 0.3 is 0 Å². The van der Waals surface area contributed by atoms with Gasteiger partial charge in [-0.05, 0) is 49.9 Å². The summed E-state index contributed by atoms with van der Waals surface area (Å²) >= 11 is 0. The number of aryl methyl sites for hydroxylation is 1. The molecule has 5 nitrogen and oxygen atoms in total. The number of benzene rings is 2. The fraction of sp³-hybridized carbons (Fsp3) is 0.318. The summed E-state index contributed by atoms with van der Waals surface area (Å²) in [4.78, 5) is 0.200. The number of sulfonamides is 1. The van der Waals surface area contributed by atoms with E-state index in [0.717, 1.165) is 12.0 Å². The zero-order chi connectivity index (χ0) is 21.2. The maximum atomic E-state index is 14.0. The first-order valence-electron chi connectivity index (χ1n) is 9.56. The zero-order valence-corrected chi connectivity index (χ0v) is 17.9. The van der Waals surface area contributed by atoms with Crippen molar-refractivity contribution in [1.29, 1.82) is 0 Å². The molecule has 0 spiro atoms. The molecular weight excluding hydrogens is 389 g/mol. The van der Waals surface area contributed by atoms with Crippen molar-refractivity contribution in [3.05, 3.63) is 76.9 Å². The molecule has 0 unspecified atom stereocenters. The summed E-state index contributed by atoms with van der Waals surface area (Å²) in [6, 6.07) is 13.4. The van der Waals surface area contributed by atoms with E-state index in [1.54, 1.807) is 48.9 Å². The highest BCUT2D eigenvalue weighted by Crippen LogP contribution is 2.25. The fourth-order valence-electron chi connectivity index (χ4n) is 3.26. The van der Waals surface area contributed by atoms with Gasteiger partial charge in [0.05, 0.1) is 28.5 Å². The predicted molar refractivity (Wildman–Crippen MR) is 113 cm³/mol. The summed E-state index contributed by atoms with van der Waals surface area (Å²) in [5.41, 5.74) is 3.19. The molecule has 0 amide bonds. The number of nitrogens with one attached hydrogen (secondary N) is 1. The molecule has 0 saturated carbocycles. The van der Waals surface area contributed by atoms with Crippen LogP contribution < -0.4 is 4.72 Å². The molecule has 154 valence electrons. The van der Waals surface area contributed by atoms with Gasteiger partial charge < -0.3 is 0 Å². The smallest absolute Gasteiger partial charge is 0.262 e. The number of anilines is 1. The molecule has 2 aromatic carbocycles. The van der Waals surface area contributed by atoms with Crippen molar-refractivity contribution in [2.75, 3.05) is 4.72 Å².